The second kappa shape index (κ2) is 5.43. The van der Waals surface area contributed by atoms with E-state index in [1.165, 1.54) is 0 Å². The summed E-state index contributed by atoms with van der Waals surface area (Å²) in [5, 5.41) is 7.26. The number of hydrogen-bond acceptors (Lipinski definition) is 5. The number of hydrogen-bond donors (Lipinski definition) is 2. The number of benzene rings is 1. The van der Waals surface area contributed by atoms with Crippen LogP contribution in [0.5, 0.6) is 0 Å². The molecule has 0 saturated carbocycles. The number of aromatic nitrogens is 2. The number of carbonyl (C=O) groups excluding carboxylic acids is 1. The number of nitrogens with two attached hydrogens (primary N) is 1. The highest BCUT2D eigenvalue weighted by atomic mass is 16.5. The summed E-state index contributed by atoms with van der Waals surface area (Å²) >= 11 is 0. The molecule has 1 heterocycles. The monoisotopic (exact) mass is 260 g/mol. The normalized spacial score (nSPS) is 10.2. The lowest BCUT2D eigenvalue weighted by Crippen LogP contribution is -2.06. The van der Waals surface area contributed by atoms with Crippen LogP contribution >= 0.6 is 0 Å². The molecule has 3 N–H and O–H groups in total. The average Bonchev–Trinajstić information content (AvgIpc) is 2.78. The van der Waals surface area contributed by atoms with Crippen LogP contribution in [0, 0.1) is 0 Å². The van der Waals surface area contributed by atoms with Gasteiger partial charge >= 0.3 is 5.97 Å². The highest BCUT2D eigenvalue weighted by molar-refractivity contribution is 5.92. The van der Waals surface area contributed by atoms with E-state index in [-0.39, 0.29) is 5.97 Å². The minimum Gasteiger partial charge on any atom is -0.462 e. The Morgan fingerprint density at radius 1 is 1.47 bits per heavy atom. The molecule has 6 nitrogen and oxygen atoms in total. The molecule has 0 saturated heterocycles. The molecule has 0 radical (unpaired) electrons. The predicted molar refractivity (Wildman–Crippen MR) is 73.3 cm³/mol. The largest absolute Gasteiger partial charge is 0.462 e. The molecule has 1 aromatic carbocycles. The Kier molecular flexibility index (Phi) is 3.70. The van der Waals surface area contributed by atoms with Crippen molar-refractivity contribution in [3.63, 3.8) is 0 Å². The Balaban J connectivity index is 2.24. The first kappa shape index (κ1) is 12.9. The van der Waals surface area contributed by atoms with Crippen LogP contribution in [-0.4, -0.2) is 22.4 Å². The highest BCUT2D eigenvalue weighted by Gasteiger charge is 2.10. The van der Waals surface area contributed by atoms with Crippen molar-refractivity contribution < 1.29 is 9.53 Å². The van der Waals surface area contributed by atoms with Crippen LogP contribution in [-0.2, 0) is 11.8 Å². The summed E-state index contributed by atoms with van der Waals surface area (Å²) in [4.78, 5) is 11.7. The topological polar surface area (TPSA) is 82.2 Å². The molecule has 0 unspecified atom stereocenters. The van der Waals surface area contributed by atoms with Crippen molar-refractivity contribution in [2.24, 2.45) is 7.05 Å². The number of esters is 1. The van der Waals surface area contributed by atoms with Crippen LogP contribution < -0.4 is 11.1 Å². The van der Waals surface area contributed by atoms with Gasteiger partial charge in [-0.15, -0.1) is 0 Å². The Labute approximate surface area is 111 Å². The number of nitrogen functional groups attached to an aromatic ring is 1. The first-order valence-electron chi connectivity index (χ1n) is 5.93. The summed E-state index contributed by atoms with van der Waals surface area (Å²) in [6, 6.07) is 6.77. The quantitative estimate of drug-likeness (QED) is 0.648. The molecule has 0 spiro atoms. The number of nitrogens with one attached hydrogen (secondary N) is 1. The number of aryl methyl sites for hydroxylation is 1. The number of carbonyl (C=O) groups is 1. The minimum absolute atomic E-state index is 0.339. The molecule has 0 fully saturated rings. The van der Waals surface area contributed by atoms with Gasteiger partial charge in [-0.3, -0.25) is 4.68 Å². The van der Waals surface area contributed by atoms with Crippen LogP contribution in [0.25, 0.3) is 0 Å². The van der Waals surface area contributed by atoms with Crippen molar-refractivity contribution in [3.05, 3.63) is 36.0 Å². The van der Waals surface area contributed by atoms with E-state index in [1.807, 2.05) is 19.3 Å². The summed E-state index contributed by atoms with van der Waals surface area (Å²) < 4.78 is 6.62. The molecule has 100 valence electrons. The van der Waals surface area contributed by atoms with E-state index in [4.69, 9.17) is 10.5 Å². The summed E-state index contributed by atoms with van der Waals surface area (Å²) in [5.41, 5.74) is 7.49. The van der Waals surface area contributed by atoms with Crippen LogP contribution in [0.1, 0.15) is 17.3 Å². The second-order valence-electron chi connectivity index (χ2n) is 4.02. The average molecular weight is 260 g/mol. The van der Waals surface area contributed by atoms with E-state index in [0.29, 0.717) is 29.4 Å². The summed E-state index contributed by atoms with van der Waals surface area (Å²) in [6.07, 6.45) is 1.81. The van der Waals surface area contributed by atoms with Crippen molar-refractivity contribution in [2.75, 3.05) is 17.7 Å². The Morgan fingerprint density at radius 2 is 2.26 bits per heavy atom. The SMILES string of the molecule is CCOC(=O)c1ccc(N)c(Nc2ccn(C)n2)c1. The molecule has 0 aliphatic carbocycles. The summed E-state index contributed by atoms with van der Waals surface area (Å²) in [5.74, 6) is 0.293. The number of nitrogens with zero attached hydrogens (tertiary/aromatic N) is 2. The molecule has 0 amide bonds. The standard InChI is InChI=1S/C13H16N4O2/c1-3-19-13(18)9-4-5-10(14)11(8-9)15-12-6-7-17(2)16-12/h4-8H,3,14H2,1-2H3,(H,15,16). The van der Waals surface area contributed by atoms with E-state index in [9.17, 15) is 4.79 Å². The van der Waals surface area contributed by atoms with Gasteiger partial charge in [-0.1, -0.05) is 0 Å². The fourth-order valence-corrected chi connectivity index (χ4v) is 1.63. The predicted octanol–water partition coefficient (Wildman–Crippen LogP) is 1.92. The lowest BCUT2D eigenvalue weighted by atomic mass is 10.1. The maximum absolute atomic E-state index is 11.7. The van der Waals surface area contributed by atoms with Crippen molar-refractivity contribution in [2.45, 2.75) is 6.92 Å². The van der Waals surface area contributed by atoms with E-state index >= 15 is 0 Å². The third kappa shape index (κ3) is 3.04. The van der Waals surface area contributed by atoms with Crippen LogP contribution in [0.15, 0.2) is 30.5 Å². The minimum atomic E-state index is -0.369. The van der Waals surface area contributed by atoms with Gasteiger partial charge in [0.15, 0.2) is 5.82 Å². The van der Waals surface area contributed by atoms with Gasteiger partial charge in [0.25, 0.3) is 0 Å². The molecule has 2 rings (SSSR count). The molecule has 2 aromatic rings. The molecule has 19 heavy (non-hydrogen) atoms. The number of ether oxygens (including phenoxy) is 1. The molecule has 6 heteroatoms. The van der Waals surface area contributed by atoms with Crippen LogP contribution in [0.2, 0.25) is 0 Å². The third-order valence-electron chi connectivity index (χ3n) is 2.54. The molecule has 0 atom stereocenters. The van der Waals surface area contributed by atoms with Crippen molar-refractivity contribution in [3.8, 4) is 0 Å². The fourth-order valence-electron chi connectivity index (χ4n) is 1.63. The Bertz CT molecular complexity index is 592. The van der Waals surface area contributed by atoms with Gasteiger partial charge in [0.2, 0.25) is 0 Å². The van der Waals surface area contributed by atoms with Gasteiger partial charge in [-0.2, -0.15) is 5.10 Å². The van der Waals surface area contributed by atoms with Gasteiger partial charge < -0.3 is 15.8 Å². The molecular weight excluding hydrogens is 244 g/mol. The van der Waals surface area contributed by atoms with Crippen LogP contribution in [0.3, 0.4) is 0 Å². The lowest BCUT2D eigenvalue weighted by Gasteiger charge is -2.09. The van der Waals surface area contributed by atoms with Crippen LogP contribution in [0.4, 0.5) is 17.2 Å². The highest BCUT2D eigenvalue weighted by Crippen LogP contribution is 2.23. The zero-order valence-electron chi connectivity index (χ0n) is 10.9. The molecule has 0 aliphatic rings. The van der Waals surface area contributed by atoms with Gasteiger partial charge in [0, 0.05) is 19.3 Å². The smallest absolute Gasteiger partial charge is 0.338 e. The maximum Gasteiger partial charge on any atom is 0.338 e. The van der Waals surface area contributed by atoms with E-state index < -0.39 is 0 Å². The zero-order valence-corrected chi connectivity index (χ0v) is 10.9. The first-order valence-corrected chi connectivity index (χ1v) is 5.93. The van der Waals surface area contributed by atoms with Gasteiger partial charge in [-0.05, 0) is 25.1 Å². The maximum atomic E-state index is 11.7. The van der Waals surface area contributed by atoms with Crippen molar-refractivity contribution >= 4 is 23.2 Å². The Morgan fingerprint density at radius 3 is 2.89 bits per heavy atom. The third-order valence-corrected chi connectivity index (χ3v) is 2.54. The van der Waals surface area contributed by atoms with Gasteiger partial charge in [0.1, 0.15) is 0 Å². The zero-order chi connectivity index (χ0) is 13.8. The molecule has 1 aromatic heterocycles. The number of anilines is 3. The van der Waals surface area contributed by atoms with E-state index in [0.717, 1.165) is 0 Å². The lowest BCUT2D eigenvalue weighted by molar-refractivity contribution is 0.0526. The first-order chi connectivity index (χ1) is 9.10. The number of rotatable bonds is 4. The second-order valence-corrected chi connectivity index (χ2v) is 4.02. The summed E-state index contributed by atoms with van der Waals surface area (Å²) in [7, 11) is 1.82. The Hall–Kier alpha value is -2.50. The van der Waals surface area contributed by atoms with Crippen molar-refractivity contribution in [1.29, 1.82) is 0 Å². The van der Waals surface area contributed by atoms with E-state index in [2.05, 4.69) is 10.4 Å². The van der Waals surface area contributed by atoms with Crippen molar-refractivity contribution in [1.82, 2.24) is 9.78 Å². The van der Waals surface area contributed by atoms with Gasteiger partial charge in [0.05, 0.1) is 23.5 Å². The van der Waals surface area contributed by atoms with E-state index in [1.54, 1.807) is 29.8 Å². The van der Waals surface area contributed by atoms with Gasteiger partial charge in [-0.25, -0.2) is 4.79 Å². The summed E-state index contributed by atoms with van der Waals surface area (Å²) in [6.45, 7) is 2.11. The molecule has 0 bridgehead atoms. The molecule has 0 aliphatic heterocycles. The fraction of sp³-hybridized carbons (Fsp3) is 0.231. The molecular formula is C13H16N4O2.